The third-order valence-corrected chi connectivity index (χ3v) is 2.71. The fourth-order valence-corrected chi connectivity index (χ4v) is 1.85. The lowest BCUT2D eigenvalue weighted by Crippen LogP contribution is -2.39. The Morgan fingerprint density at radius 3 is 2.95 bits per heavy atom. The van der Waals surface area contributed by atoms with Crippen LogP contribution in [-0.4, -0.2) is 42.8 Å². The van der Waals surface area contributed by atoms with Gasteiger partial charge in [0, 0.05) is 13.0 Å². The maximum Gasteiger partial charge on any atom is 0.329 e. The number of ether oxygens (including phenoxy) is 2. The molecule has 2 rings (SSSR count). The molecule has 19 heavy (non-hydrogen) atoms. The van der Waals surface area contributed by atoms with Gasteiger partial charge in [-0.05, 0) is 11.6 Å². The molecule has 1 amide bonds. The average molecular weight is 265 g/mol. The Hall–Kier alpha value is -2.08. The first-order valence-electron chi connectivity index (χ1n) is 5.98. The molecule has 0 bridgehead atoms. The molecule has 6 heteroatoms. The molecule has 2 N–H and O–H groups in total. The number of nitrogens with one attached hydrogen (secondary N) is 1. The number of para-hydroxylation sites is 1. The van der Waals surface area contributed by atoms with E-state index in [1.54, 1.807) is 0 Å². The Labute approximate surface area is 110 Å². The predicted octanol–water partition coefficient (Wildman–Crippen LogP) is 0.208. The van der Waals surface area contributed by atoms with Crippen LogP contribution in [0.3, 0.4) is 0 Å². The van der Waals surface area contributed by atoms with Gasteiger partial charge in [0.25, 0.3) is 5.91 Å². The van der Waals surface area contributed by atoms with Gasteiger partial charge in [0.15, 0.2) is 6.10 Å². The van der Waals surface area contributed by atoms with Crippen molar-refractivity contribution >= 4 is 11.9 Å². The van der Waals surface area contributed by atoms with Crippen molar-refractivity contribution in [3.8, 4) is 5.75 Å². The number of rotatable bonds is 6. The van der Waals surface area contributed by atoms with Crippen LogP contribution in [0, 0.1) is 0 Å². The molecule has 1 aromatic rings. The summed E-state index contributed by atoms with van der Waals surface area (Å²) < 4.78 is 10.3. The van der Waals surface area contributed by atoms with E-state index >= 15 is 0 Å². The highest BCUT2D eigenvalue weighted by Crippen LogP contribution is 2.27. The zero-order valence-corrected chi connectivity index (χ0v) is 10.3. The maximum atomic E-state index is 11.8. The standard InChI is InChI=1S/C13H15NO5/c15-12(16)8-18-6-5-14-13(17)11-7-9-3-1-2-4-10(9)19-11/h1-4,11H,5-8H2,(H,14,17)(H,15,16). The van der Waals surface area contributed by atoms with Crippen molar-refractivity contribution in [3.63, 3.8) is 0 Å². The highest BCUT2D eigenvalue weighted by atomic mass is 16.5. The molecule has 0 aliphatic carbocycles. The summed E-state index contributed by atoms with van der Waals surface area (Å²) in [5, 5.41) is 11.0. The Kier molecular flexibility index (Phi) is 4.35. The van der Waals surface area contributed by atoms with Crippen LogP contribution < -0.4 is 10.1 Å². The van der Waals surface area contributed by atoms with Crippen LogP contribution in [0.1, 0.15) is 5.56 Å². The van der Waals surface area contributed by atoms with Crippen LogP contribution in [0.25, 0.3) is 0 Å². The molecule has 0 aromatic heterocycles. The number of amides is 1. The number of hydrogen-bond acceptors (Lipinski definition) is 4. The topological polar surface area (TPSA) is 84.9 Å². The van der Waals surface area contributed by atoms with Crippen LogP contribution in [0.15, 0.2) is 24.3 Å². The molecule has 1 aromatic carbocycles. The second-order valence-electron chi connectivity index (χ2n) is 4.16. The average Bonchev–Trinajstić information content (AvgIpc) is 2.81. The quantitative estimate of drug-likeness (QED) is 0.718. The highest BCUT2D eigenvalue weighted by molar-refractivity contribution is 5.82. The normalized spacial score (nSPS) is 16.5. The summed E-state index contributed by atoms with van der Waals surface area (Å²) in [6.45, 7) is 0.0707. The predicted molar refractivity (Wildman–Crippen MR) is 66.0 cm³/mol. The zero-order valence-electron chi connectivity index (χ0n) is 10.3. The Bertz CT molecular complexity index is 449. The molecule has 1 atom stereocenters. The SMILES string of the molecule is O=C(O)COCCNC(=O)C1Cc2ccccc2O1. The number of benzene rings is 1. The Morgan fingerprint density at radius 2 is 2.21 bits per heavy atom. The molecule has 102 valence electrons. The molecule has 1 unspecified atom stereocenters. The summed E-state index contributed by atoms with van der Waals surface area (Å²) in [6.07, 6.45) is 0.0368. The van der Waals surface area contributed by atoms with E-state index in [4.69, 9.17) is 14.6 Å². The summed E-state index contributed by atoms with van der Waals surface area (Å²) in [4.78, 5) is 22.0. The van der Waals surface area contributed by atoms with Crippen LogP contribution in [-0.2, 0) is 20.7 Å². The third-order valence-electron chi connectivity index (χ3n) is 2.71. The van der Waals surface area contributed by atoms with Gasteiger partial charge in [-0.25, -0.2) is 4.79 Å². The number of carbonyl (C=O) groups excluding carboxylic acids is 1. The smallest absolute Gasteiger partial charge is 0.329 e. The molecular formula is C13H15NO5. The van der Waals surface area contributed by atoms with E-state index in [-0.39, 0.29) is 25.7 Å². The molecule has 1 aliphatic rings. The number of hydrogen-bond donors (Lipinski definition) is 2. The van der Waals surface area contributed by atoms with Crippen molar-refractivity contribution < 1.29 is 24.2 Å². The summed E-state index contributed by atoms with van der Waals surface area (Å²) in [5.74, 6) is -0.499. The summed E-state index contributed by atoms with van der Waals surface area (Å²) in [6, 6.07) is 7.53. The molecule has 0 spiro atoms. The third kappa shape index (κ3) is 3.69. The lowest BCUT2D eigenvalue weighted by atomic mass is 10.1. The molecule has 6 nitrogen and oxygen atoms in total. The number of carboxylic acid groups (broad SMARTS) is 1. The number of fused-ring (bicyclic) bond motifs is 1. The molecule has 1 heterocycles. The molecule has 1 aliphatic heterocycles. The number of carbonyl (C=O) groups is 2. The van der Waals surface area contributed by atoms with E-state index in [0.29, 0.717) is 6.42 Å². The molecule has 0 radical (unpaired) electrons. The van der Waals surface area contributed by atoms with Gasteiger partial charge >= 0.3 is 5.97 Å². The fourth-order valence-electron chi connectivity index (χ4n) is 1.85. The summed E-state index contributed by atoms with van der Waals surface area (Å²) in [5.41, 5.74) is 1.02. The van der Waals surface area contributed by atoms with Crippen molar-refractivity contribution in [2.45, 2.75) is 12.5 Å². The van der Waals surface area contributed by atoms with Crippen LogP contribution in [0.2, 0.25) is 0 Å². The number of aliphatic carboxylic acids is 1. The largest absolute Gasteiger partial charge is 0.480 e. The fraction of sp³-hybridized carbons (Fsp3) is 0.385. The van der Waals surface area contributed by atoms with Crippen molar-refractivity contribution in [1.82, 2.24) is 5.32 Å². The van der Waals surface area contributed by atoms with Gasteiger partial charge in [0.2, 0.25) is 0 Å². The van der Waals surface area contributed by atoms with Gasteiger partial charge in [-0.1, -0.05) is 18.2 Å². The second-order valence-corrected chi connectivity index (χ2v) is 4.16. The summed E-state index contributed by atoms with van der Waals surface area (Å²) >= 11 is 0. The minimum absolute atomic E-state index is 0.164. The van der Waals surface area contributed by atoms with Crippen molar-refractivity contribution in [2.24, 2.45) is 0 Å². The van der Waals surface area contributed by atoms with Gasteiger partial charge < -0.3 is 19.9 Å². The first-order valence-corrected chi connectivity index (χ1v) is 5.98. The van der Waals surface area contributed by atoms with E-state index in [1.807, 2.05) is 24.3 Å². The lowest BCUT2D eigenvalue weighted by molar-refractivity contribution is -0.142. The Balaban J connectivity index is 1.70. The monoisotopic (exact) mass is 265 g/mol. The van der Waals surface area contributed by atoms with Crippen molar-refractivity contribution in [2.75, 3.05) is 19.8 Å². The van der Waals surface area contributed by atoms with Gasteiger partial charge in [-0.15, -0.1) is 0 Å². The van der Waals surface area contributed by atoms with Gasteiger partial charge in [-0.3, -0.25) is 4.79 Å². The van der Waals surface area contributed by atoms with Crippen molar-refractivity contribution in [1.29, 1.82) is 0 Å². The minimum atomic E-state index is -1.03. The van der Waals surface area contributed by atoms with Gasteiger partial charge in [0.05, 0.1) is 6.61 Å². The van der Waals surface area contributed by atoms with E-state index in [0.717, 1.165) is 11.3 Å². The molecule has 0 saturated carbocycles. The van der Waals surface area contributed by atoms with Crippen LogP contribution in [0.4, 0.5) is 0 Å². The maximum absolute atomic E-state index is 11.8. The molecular weight excluding hydrogens is 250 g/mol. The zero-order chi connectivity index (χ0) is 13.7. The van der Waals surface area contributed by atoms with Crippen molar-refractivity contribution in [3.05, 3.63) is 29.8 Å². The summed E-state index contributed by atoms with van der Waals surface area (Å²) in [7, 11) is 0. The van der Waals surface area contributed by atoms with E-state index in [9.17, 15) is 9.59 Å². The lowest BCUT2D eigenvalue weighted by Gasteiger charge is -2.11. The first kappa shape index (κ1) is 13.4. The molecule has 0 saturated heterocycles. The highest BCUT2D eigenvalue weighted by Gasteiger charge is 2.28. The Morgan fingerprint density at radius 1 is 1.42 bits per heavy atom. The van der Waals surface area contributed by atoms with Crippen LogP contribution in [0.5, 0.6) is 5.75 Å². The van der Waals surface area contributed by atoms with Gasteiger partial charge in [0.1, 0.15) is 12.4 Å². The van der Waals surface area contributed by atoms with Gasteiger partial charge in [-0.2, -0.15) is 0 Å². The van der Waals surface area contributed by atoms with E-state index in [1.165, 1.54) is 0 Å². The minimum Gasteiger partial charge on any atom is -0.480 e. The second kappa shape index (κ2) is 6.19. The first-order chi connectivity index (χ1) is 9.16. The molecule has 0 fully saturated rings. The van der Waals surface area contributed by atoms with E-state index in [2.05, 4.69) is 5.32 Å². The number of carboxylic acids is 1. The van der Waals surface area contributed by atoms with Crippen LogP contribution >= 0.6 is 0 Å². The van der Waals surface area contributed by atoms with E-state index < -0.39 is 12.1 Å².